The maximum absolute atomic E-state index is 11.2. The van der Waals surface area contributed by atoms with Crippen molar-refractivity contribution in [3.63, 3.8) is 0 Å². The molecule has 2 N–H and O–H groups in total. The van der Waals surface area contributed by atoms with Gasteiger partial charge >= 0.3 is 5.97 Å². The number of carboxylic acids is 1. The molecular formula is C15H23NO3. The highest BCUT2D eigenvalue weighted by Crippen LogP contribution is 2.28. The molecule has 106 valence electrons. The summed E-state index contributed by atoms with van der Waals surface area (Å²) in [7, 11) is 1.89. The van der Waals surface area contributed by atoms with E-state index in [2.05, 4.69) is 12.2 Å². The summed E-state index contributed by atoms with van der Waals surface area (Å²) < 4.78 is 5.69. The van der Waals surface area contributed by atoms with Gasteiger partial charge in [-0.25, -0.2) is 4.79 Å². The zero-order valence-electron chi connectivity index (χ0n) is 11.8. The van der Waals surface area contributed by atoms with Crippen molar-refractivity contribution in [1.29, 1.82) is 0 Å². The maximum atomic E-state index is 11.2. The fourth-order valence-electron chi connectivity index (χ4n) is 2.10. The quantitative estimate of drug-likeness (QED) is 0.758. The van der Waals surface area contributed by atoms with Crippen molar-refractivity contribution < 1.29 is 14.6 Å². The first-order valence-corrected chi connectivity index (χ1v) is 6.79. The zero-order valence-corrected chi connectivity index (χ0v) is 11.8. The van der Waals surface area contributed by atoms with Crippen molar-refractivity contribution in [2.75, 3.05) is 7.05 Å². The Bertz CT molecular complexity index is 402. The van der Waals surface area contributed by atoms with E-state index in [4.69, 9.17) is 9.84 Å². The lowest BCUT2D eigenvalue weighted by molar-refractivity contribution is -0.145. The molecule has 4 nitrogen and oxygen atoms in total. The van der Waals surface area contributed by atoms with E-state index in [-0.39, 0.29) is 6.04 Å². The standard InChI is InChI=1S/C15H23NO3/c1-4-8-14(15(17)18)19-13-10-7-6-9-11(13)12(5-2)16-3/h6-7,9-10,12,14,16H,4-5,8H2,1-3H3,(H,17,18). The number of rotatable bonds is 8. The van der Waals surface area contributed by atoms with Crippen molar-refractivity contribution in [2.24, 2.45) is 0 Å². The molecule has 1 aromatic carbocycles. The third-order valence-electron chi connectivity index (χ3n) is 3.15. The minimum Gasteiger partial charge on any atom is -0.479 e. The second-order valence-corrected chi connectivity index (χ2v) is 4.52. The van der Waals surface area contributed by atoms with E-state index >= 15 is 0 Å². The molecule has 19 heavy (non-hydrogen) atoms. The van der Waals surface area contributed by atoms with E-state index in [0.717, 1.165) is 18.4 Å². The van der Waals surface area contributed by atoms with Gasteiger partial charge in [0.05, 0.1) is 0 Å². The average Bonchev–Trinajstić information content (AvgIpc) is 2.41. The second kappa shape index (κ2) is 7.79. The summed E-state index contributed by atoms with van der Waals surface area (Å²) in [6.07, 6.45) is 1.44. The molecule has 0 amide bonds. The number of ether oxygens (including phenoxy) is 1. The maximum Gasteiger partial charge on any atom is 0.344 e. The molecule has 0 bridgehead atoms. The molecule has 0 radical (unpaired) electrons. The number of para-hydroxylation sites is 1. The SMILES string of the molecule is CCCC(Oc1ccccc1C(CC)NC)C(=O)O. The molecule has 0 aromatic heterocycles. The Balaban J connectivity index is 2.96. The minimum atomic E-state index is -0.908. The lowest BCUT2D eigenvalue weighted by atomic mass is 10.0. The Kier molecular flexibility index (Phi) is 6.36. The number of hydrogen-bond donors (Lipinski definition) is 2. The lowest BCUT2D eigenvalue weighted by Crippen LogP contribution is -2.28. The molecule has 2 atom stereocenters. The van der Waals surface area contributed by atoms with E-state index in [9.17, 15) is 4.79 Å². The Hall–Kier alpha value is -1.55. The van der Waals surface area contributed by atoms with Gasteiger partial charge in [-0.2, -0.15) is 0 Å². The minimum absolute atomic E-state index is 0.173. The second-order valence-electron chi connectivity index (χ2n) is 4.52. The van der Waals surface area contributed by atoms with Crippen molar-refractivity contribution in [2.45, 2.75) is 45.3 Å². The van der Waals surface area contributed by atoms with Gasteiger partial charge in [-0.1, -0.05) is 38.5 Å². The molecule has 0 fully saturated rings. The number of carboxylic acid groups (broad SMARTS) is 1. The highest BCUT2D eigenvalue weighted by atomic mass is 16.5. The van der Waals surface area contributed by atoms with Gasteiger partial charge < -0.3 is 15.2 Å². The normalized spacial score (nSPS) is 13.8. The molecule has 0 spiro atoms. The number of aliphatic carboxylic acids is 1. The third-order valence-corrected chi connectivity index (χ3v) is 3.15. The number of hydrogen-bond acceptors (Lipinski definition) is 3. The number of carbonyl (C=O) groups is 1. The van der Waals surface area contributed by atoms with Gasteiger partial charge in [-0.15, -0.1) is 0 Å². The monoisotopic (exact) mass is 265 g/mol. The predicted octanol–water partition coefficient (Wildman–Crippen LogP) is 2.99. The Labute approximate surface area is 114 Å². The molecule has 0 saturated heterocycles. The summed E-state index contributed by atoms with van der Waals surface area (Å²) in [6.45, 7) is 4.03. The molecule has 0 heterocycles. The molecule has 0 aliphatic heterocycles. The zero-order chi connectivity index (χ0) is 14.3. The molecule has 0 aliphatic rings. The number of benzene rings is 1. The van der Waals surface area contributed by atoms with Crippen LogP contribution in [0.3, 0.4) is 0 Å². The summed E-state index contributed by atoms with van der Waals surface area (Å²) in [6, 6.07) is 7.79. The summed E-state index contributed by atoms with van der Waals surface area (Å²) in [5, 5.41) is 12.4. The van der Waals surface area contributed by atoms with Gasteiger partial charge in [0.1, 0.15) is 5.75 Å². The van der Waals surface area contributed by atoms with E-state index in [1.54, 1.807) is 0 Å². The molecule has 1 rings (SSSR count). The first-order chi connectivity index (χ1) is 9.13. The van der Waals surface area contributed by atoms with Crippen LogP contribution in [-0.4, -0.2) is 24.2 Å². The smallest absolute Gasteiger partial charge is 0.344 e. The van der Waals surface area contributed by atoms with E-state index < -0.39 is 12.1 Å². The van der Waals surface area contributed by atoms with Crippen LogP contribution in [0.4, 0.5) is 0 Å². The van der Waals surface area contributed by atoms with Gasteiger partial charge in [0.25, 0.3) is 0 Å². The van der Waals surface area contributed by atoms with Crippen molar-refractivity contribution in [3.05, 3.63) is 29.8 Å². The third kappa shape index (κ3) is 4.24. The van der Waals surface area contributed by atoms with E-state index in [0.29, 0.717) is 12.2 Å². The van der Waals surface area contributed by atoms with Crippen LogP contribution < -0.4 is 10.1 Å². The van der Waals surface area contributed by atoms with Gasteiger partial charge in [-0.05, 0) is 26.0 Å². The highest BCUT2D eigenvalue weighted by Gasteiger charge is 2.21. The van der Waals surface area contributed by atoms with Gasteiger partial charge in [0.2, 0.25) is 0 Å². The van der Waals surface area contributed by atoms with Crippen molar-refractivity contribution in [3.8, 4) is 5.75 Å². The average molecular weight is 265 g/mol. The fraction of sp³-hybridized carbons (Fsp3) is 0.533. The van der Waals surface area contributed by atoms with Gasteiger partial charge in [0.15, 0.2) is 6.10 Å². The Morgan fingerprint density at radius 2 is 2.05 bits per heavy atom. The van der Waals surface area contributed by atoms with Crippen LogP contribution in [0.25, 0.3) is 0 Å². The van der Waals surface area contributed by atoms with Crippen LogP contribution >= 0.6 is 0 Å². The summed E-state index contributed by atoms with van der Waals surface area (Å²) in [5.41, 5.74) is 1.01. The lowest BCUT2D eigenvalue weighted by Gasteiger charge is -2.21. The summed E-state index contributed by atoms with van der Waals surface area (Å²) >= 11 is 0. The summed E-state index contributed by atoms with van der Waals surface area (Å²) in [5.74, 6) is -0.251. The Morgan fingerprint density at radius 3 is 2.58 bits per heavy atom. The fourth-order valence-corrected chi connectivity index (χ4v) is 2.10. The van der Waals surface area contributed by atoms with Crippen LogP contribution in [0.2, 0.25) is 0 Å². The largest absolute Gasteiger partial charge is 0.479 e. The summed E-state index contributed by atoms with van der Waals surface area (Å²) in [4.78, 5) is 11.2. The van der Waals surface area contributed by atoms with Crippen LogP contribution in [0, 0.1) is 0 Å². The molecule has 1 aromatic rings. The molecule has 4 heteroatoms. The van der Waals surface area contributed by atoms with Crippen molar-refractivity contribution >= 4 is 5.97 Å². The number of nitrogens with one attached hydrogen (secondary N) is 1. The topological polar surface area (TPSA) is 58.6 Å². The first-order valence-electron chi connectivity index (χ1n) is 6.79. The van der Waals surface area contributed by atoms with Crippen LogP contribution in [0.15, 0.2) is 24.3 Å². The first kappa shape index (κ1) is 15.5. The Morgan fingerprint density at radius 1 is 1.37 bits per heavy atom. The molecule has 2 unspecified atom stereocenters. The van der Waals surface area contributed by atoms with Crippen LogP contribution in [-0.2, 0) is 4.79 Å². The van der Waals surface area contributed by atoms with Gasteiger partial charge in [0, 0.05) is 11.6 Å². The molecular weight excluding hydrogens is 242 g/mol. The van der Waals surface area contributed by atoms with E-state index in [1.165, 1.54) is 0 Å². The van der Waals surface area contributed by atoms with Gasteiger partial charge in [-0.3, -0.25) is 0 Å². The van der Waals surface area contributed by atoms with Crippen molar-refractivity contribution in [1.82, 2.24) is 5.32 Å². The van der Waals surface area contributed by atoms with E-state index in [1.807, 2.05) is 38.2 Å². The molecule has 0 aliphatic carbocycles. The van der Waals surface area contributed by atoms with Crippen LogP contribution in [0.1, 0.15) is 44.7 Å². The predicted molar refractivity (Wildman–Crippen MR) is 75.5 cm³/mol. The highest BCUT2D eigenvalue weighted by molar-refractivity contribution is 5.72. The van der Waals surface area contributed by atoms with Crippen LogP contribution in [0.5, 0.6) is 5.75 Å². The molecule has 0 saturated carbocycles.